The summed E-state index contributed by atoms with van der Waals surface area (Å²) in [4.78, 5) is 16.6. The van der Waals surface area contributed by atoms with Gasteiger partial charge in [-0.15, -0.1) is 0 Å². The van der Waals surface area contributed by atoms with E-state index >= 15 is 0 Å². The Labute approximate surface area is 217 Å². The monoisotopic (exact) mass is 499 g/mol. The van der Waals surface area contributed by atoms with E-state index in [4.69, 9.17) is 9.84 Å². The van der Waals surface area contributed by atoms with Gasteiger partial charge < -0.3 is 14.5 Å². The van der Waals surface area contributed by atoms with Crippen molar-refractivity contribution in [2.45, 2.75) is 52.1 Å². The molecule has 6 rings (SSSR count). The number of aryl methyl sites for hydroxylation is 1. The SMILES string of the molecule is CC(=O)N1CCc2c(c(N3CC(C)Cc4cc(-c5cnn(C)c5)c(C#N)cc43)nn2C2CCOCC2)C1. The molecule has 1 amide bonds. The Morgan fingerprint density at radius 3 is 2.76 bits per heavy atom. The zero-order valence-electron chi connectivity index (χ0n) is 21.8. The molecule has 0 aliphatic carbocycles. The Balaban J connectivity index is 1.48. The van der Waals surface area contributed by atoms with Crippen molar-refractivity contribution in [3.05, 3.63) is 46.9 Å². The standard InChI is InChI=1S/C28H33N7O2/c1-18-10-20-11-24(22-14-30-32(3)16-22)21(13-29)12-27(20)34(15-18)28-25-17-33(19(2)36)7-4-26(25)35(31-28)23-5-8-37-9-6-23/h11-12,14,16,18,23H,4-10,15,17H2,1-3H3. The van der Waals surface area contributed by atoms with Gasteiger partial charge in [-0.05, 0) is 42.9 Å². The third kappa shape index (κ3) is 4.19. The molecule has 3 aromatic rings. The molecular formula is C28H33N7O2. The molecule has 0 bridgehead atoms. The molecule has 0 spiro atoms. The van der Waals surface area contributed by atoms with Crippen molar-refractivity contribution in [2.24, 2.45) is 13.0 Å². The average Bonchev–Trinajstić information content (AvgIpc) is 3.51. The molecule has 5 heterocycles. The van der Waals surface area contributed by atoms with Gasteiger partial charge in [0, 0.05) is 81.0 Å². The molecule has 9 nitrogen and oxygen atoms in total. The number of aromatic nitrogens is 4. The summed E-state index contributed by atoms with van der Waals surface area (Å²) in [5.41, 5.74) is 7.14. The van der Waals surface area contributed by atoms with Crippen molar-refractivity contribution in [3.63, 3.8) is 0 Å². The number of carbonyl (C=O) groups excluding carboxylic acids is 1. The van der Waals surface area contributed by atoms with Gasteiger partial charge in [-0.25, -0.2) is 0 Å². The van der Waals surface area contributed by atoms with Crippen molar-refractivity contribution in [1.29, 1.82) is 5.26 Å². The first-order chi connectivity index (χ1) is 17.9. The van der Waals surface area contributed by atoms with Crippen LogP contribution in [0.3, 0.4) is 0 Å². The molecule has 1 unspecified atom stereocenters. The van der Waals surface area contributed by atoms with E-state index in [9.17, 15) is 10.1 Å². The number of ether oxygens (including phenoxy) is 1. The molecule has 0 radical (unpaired) electrons. The van der Waals surface area contributed by atoms with Gasteiger partial charge in [-0.3, -0.25) is 14.2 Å². The first-order valence-electron chi connectivity index (χ1n) is 13.2. The summed E-state index contributed by atoms with van der Waals surface area (Å²) >= 11 is 0. The maximum Gasteiger partial charge on any atom is 0.219 e. The van der Waals surface area contributed by atoms with Gasteiger partial charge >= 0.3 is 0 Å². The predicted molar refractivity (Wildman–Crippen MR) is 139 cm³/mol. The van der Waals surface area contributed by atoms with Gasteiger partial charge in [0.2, 0.25) is 5.91 Å². The quantitative estimate of drug-likeness (QED) is 0.545. The third-order valence-corrected chi connectivity index (χ3v) is 8.01. The molecule has 9 heteroatoms. The summed E-state index contributed by atoms with van der Waals surface area (Å²) in [6.45, 7) is 7.52. The summed E-state index contributed by atoms with van der Waals surface area (Å²) in [5.74, 6) is 1.44. The predicted octanol–water partition coefficient (Wildman–Crippen LogP) is 3.74. The van der Waals surface area contributed by atoms with Crippen LogP contribution in [0.5, 0.6) is 0 Å². The van der Waals surface area contributed by atoms with Crippen LogP contribution >= 0.6 is 0 Å². The Morgan fingerprint density at radius 2 is 2.05 bits per heavy atom. The van der Waals surface area contributed by atoms with Crippen LogP contribution in [-0.2, 0) is 36.0 Å². The summed E-state index contributed by atoms with van der Waals surface area (Å²) in [6.07, 6.45) is 7.41. The minimum Gasteiger partial charge on any atom is -0.381 e. The number of benzene rings is 1. The largest absolute Gasteiger partial charge is 0.381 e. The Hall–Kier alpha value is -3.64. The number of nitriles is 1. The van der Waals surface area contributed by atoms with E-state index in [0.717, 1.165) is 80.2 Å². The summed E-state index contributed by atoms with van der Waals surface area (Å²) in [6, 6.07) is 6.92. The number of amides is 1. The maximum atomic E-state index is 12.3. The normalized spacial score (nSPS) is 19.9. The van der Waals surface area contributed by atoms with Crippen LogP contribution in [-0.4, -0.2) is 56.7 Å². The maximum absolute atomic E-state index is 12.3. The number of rotatable bonds is 3. The second kappa shape index (κ2) is 9.34. The summed E-state index contributed by atoms with van der Waals surface area (Å²) in [7, 11) is 1.89. The highest BCUT2D eigenvalue weighted by Gasteiger charge is 2.34. The fourth-order valence-corrected chi connectivity index (χ4v) is 6.14. The molecule has 1 aromatic carbocycles. The summed E-state index contributed by atoms with van der Waals surface area (Å²) < 4.78 is 9.63. The first kappa shape index (κ1) is 23.7. The van der Waals surface area contributed by atoms with E-state index in [1.54, 1.807) is 11.6 Å². The van der Waals surface area contributed by atoms with Crippen LogP contribution in [0.4, 0.5) is 11.5 Å². The van der Waals surface area contributed by atoms with Crippen molar-refractivity contribution in [2.75, 3.05) is 31.2 Å². The lowest BCUT2D eigenvalue weighted by molar-refractivity contribution is -0.129. The third-order valence-electron chi connectivity index (χ3n) is 8.01. The van der Waals surface area contributed by atoms with Crippen molar-refractivity contribution in [1.82, 2.24) is 24.5 Å². The molecule has 37 heavy (non-hydrogen) atoms. The van der Waals surface area contributed by atoms with Crippen LogP contribution in [0.25, 0.3) is 11.1 Å². The highest BCUT2D eigenvalue weighted by atomic mass is 16.5. The second-order valence-corrected chi connectivity index (χ2v) is 10.7. The lowest BCUT2D eigenvalue weighted by Crippen LogP contribution is -2.36. The first-order valence-corrected chi connectivity index (χ1v) is 13.2. The topological polar surface area (TPSA) is 92.2 Å². The summed E-state index contributed by atoms with van der Waals surface area (Å²) in [5, 5.41) is 19.7. The van der Waals surface area contributed by atoms with Crippen molar-refractivity contribution < 1.29 is 9.53 Å². The zero-order valence-corrected chi connectivity index (χ0v) is 21.8. The van der Waals surface area contributed by atoms with Gasteiger partial charge in [0.1, 0.15) is 0 Å². The molecule has 1 fully saturated rings. The highest BCUT2D eigenvalue weighted by Crippen LogP contribution is 2.42. The minimum absolute atomic E-state index is 0.0932. The zero-order chi connectivity index (χ0) is 25.7. The number of carbonyl (C=O) groups is 1. The molecule has 1 saturated heterocycles. The van der Waals surface area contributed by atoms with Crippen LogP contribution in [0.15, 0.2) is 24.5 Å². The lowest BCUT2D eigenvalue weighted by Gasteiger charge is -2.35. The molecule has 192 valence electrons. The number of nitrogens with zero attached hydrogens (tertiary/aromatic N) is 7. The smallest absolute Gasteiger partial charge is 0.219 e. The van der Waals surface area contributed by atoms with Gasteiger partial charge in [0.25, 0.3) is 0 Å². The van der Waals surface area contributed by atoms with Gasteiger partial charge in [-0.1, -0.05) is 6.92 Å². The van der Waals surface area contributed by atoms with E-state index in [-0.39, 0.29) is 5.91 Å². The molecule has 3 aliphatic heterocycles. The molecule has 2 aromatic heterocycles. The Kier molecular flexibility index (Phi) is 6.00. The molecule has 0 saturated carbocycles. The lowest BCUT2D eigenvalue weighted by atomic mass is 9.89. The fraction of sp³-hybridized carbons (Fsp3) is 0.500. The number of hydrogen-bond acceptors (Lipinski definition) is 6. The number of anilines is 2. The van der Waals surface area contributed by atoms with Gasteiger partial charge in [0.15, 0.2) is 5.82 Å². The van der Waals surface area contributed by atoms with Gasteiger partial charge in [-0.2, -0.15) is 15.5 Å². The Bertz CT molecular complexity index is 1390. The average molecular weight is 500 g/mol. The van der Waals surface area contributed by atoms with Gasteiger partial charge in [0.05, 0.1) is 30.4 Å². The molecule has 3 aliphatic rings. The highest BCUT2D eigenvalue weighted by molar-refractivity contribution is 5.79. The van der Waals surface area contributed by atoms with E-state index in [0.29, 0.717) is 24.1 Å². The van der Waals surface area contributed by atoms with E-state index in [2.05, 4.69) is 33.7 Å². The van der Waals surface area contributed by atoms with Crippen LogP contribution in [0.2, 0.25) is 0 Å². The van der Waals surface area contributed by atoms with Crippen LogP contribution in [0.1, 0.15) is 55.1 Å². The Morgan fingerprint density at radius 1 is 1.24 bits per heavy atom. The second-order valence-electron chi connectivity index (χ2n) is 10.7. The van der Waals surface area contributed by atoms with Crippen molar-refractivity contribution >= 4 is 17.4 Å². The van der Waals surface area contributed by atoms with E-state index < -0.39 is 0 Å². The van der Waals surface area contributed by atoms with Crippen molar-refractivity contribution in [3.8, 4) is 17.2 Å². The number of fused-ring (bicyclic) bond motifs is 2. The minimum atomic E-state index is 0.0932. The fourth-order valence-electron chi connectivity index (χ4n) is 6.14. The molecule has 0 N–H and O–H groups in total. The number of hydrogen-bond donors (Lipinski definition) is 0. The van der Waals surface area contributed by atoms with Crippen LogP contribution < -0.4 is 4.90 Å². The van der Waals surface area contributed by atoms with E-state index in [1.807, 2.05) is 30.4 Å². The molecule has 1 atom stereocenters. The molecular weight excluding hydrogens is 466 g/mol. The van der Waals surface area contributed by atoms with Crippen LogP contribution in [0, 0.1) is 17.2 Å². The van der Waals surface area contributed by atoms with E-state index in [1.165, 1.54) is 11.3 Å².